The van der Waals surface area contributed by atoms with Gasteiger partial charge in [0.05, 0.1) is 24.8 Å². The van der Waals surface area contributed by atoms with Crippen molar-refractivity contribution in [3.05, 3.63) is 46.2 Å². The molecule has 1 aromatic heterocycles. The number of thiophene rings is 1. The molecule has 2 rings (SSSR count). The van der Waals surface area contributed by atoms with Gasteiger partial charge in [-0.1, -0.05) is 0 Å². The van der Waals surface area contributed by atoms with Gasteiger partial charge in [0.2, 0.25) is 5.91 Å². The fourth-order valence-electron chi connectivity index (χ4n) is 1.92. The van der Waals surface area contributed by atoms with Crippen LogP contribution in [0.2, 0.25) is 0 Å². The number of methoxy groups -OCH3 is 1. The van der Waals surface area contributed by atoms with Crippen LogP contribution in [0.1, 0.15) is 15.9 Å². The number of hydrogen-bond acceptors (Lipinski definition) is 5. The zero-order valence-corrected chi connectivity index (χ0v) is 13.9. The first kappa shape index (κ1) is 18.8. The molecule has 2 aromatic rings. The van der Waals surface area contributed by atoms with Crippen LogP contribution in [0.3, 0.4) is 0 Å². The largest absolute Gasteiger partial charge is 0.482 e. The van der Waals surface area contributed by atoms with Crippen molar-refractivity contribution in [1.82, 2.24) is 0 Å². The van der Waals surface area contributed by atoms with E-state index in [0.717, 1.165) is 18.7 Å². The minimum absolute atomic E-state index is 0.00973. The average Bonchev–Trinajstić information content (AvgIpc) is 3.05. The Balaban J connectivity index is 2.19. The third kappa shape index (κ3) is 5.79. The molecule has 1 amide bonds. The second-order valence-electron chi connectivity index (χ2n) is 4.96. The first-order valence-electron chi connectivity index (χ1n) is 7.01. The topological polar surface area (TPSA) is 64.6 Å². The Bertz CT molecular complexity index is 744. The molecule has 0 aliphatic carbocycles. The highest BCUT2D eigenvalue weighted by Gasteiger charge is 2.29. The normalized spacial score (nSPS) is 11.0. The molecule has 1 N–H and O–H groups in total. The van der Waals surface area contributed by atoms with Crippen LogP contribution in [-0.4, -0.2) is 31.8 Å². The molecule has 25 heavy (non-hydrogen) atoms. The van der Waals surface area contributed by atoms with Gasteiger partial charge in [-0.05, 0) is 40.6 Å². The molecular weight excluding hydrogens is 359 g/mol. The summed E-state index contributed by atoms with van der Waals surface area (Å²) >= 11 is 1.43. The summed E-state index contributed by atoms with van der Waals surface area (Å²) in [5, 5.41) is 6.09. The first-order valence-corrected chi connectivity index (χ1v) is 7.95. The second-order valence-corrected chi connectivity index (χ2v) is 5.74. The lowest BCUT2D eigenvalue weighted by Crippen LogP contribution is -2.21. The average molecular weight is 373 g/mol. The van der Waals surface area contributed by atoms with Crippen molar-refractivity contribution in [2.24, 2.45) is 0 Å². The monoisotopic (exact) mass is 373 g/mol. The van der Waals surface area contributed by atoms with Gasteiger partial charge in [-0.15, -0.1) is 0 Å². The van der Waals surface area contributed by atoms with Gasteiger partial charge in [0.15, 0.2) is 6.61 Å². The van der Waals surface area contributed by atoms with E-state index in [1.165, 1.54) is 23.5 Å². The van der Waals surface area contributed by atoms with Crippen LogP contribution < -0.4 is 10.1 Å². The molecule has 0 unspecified atom stereocenters. The van der Waals surface area contributed by atoms with Gasteiger partial charge < -0.3 is 14.8 Å². The lowest BCUT2D eigenvalue weighted by Gasteiger charge is -2.15. The van der Waals surface area contributed by atoms with Crippen LogP contribution >= 0.6 is 11.3 Å². The number of carbonyl (C=O) groups excluding carboxylic acids is 2. The Morgan fingerprint density at radius 3 is 2.60 bits per heavy atom. The zero-order valence-electron chi connectivity index (χ0n) is 13.1. The van der Waals surface area contributed by atoms with E-state index < -0.39 is 24.7 Å². The highest BCUT2D eigenvalue weighted by molar-refractivity contribution is 7.08. The maximum Gasteiger partial charge on any atom is 0.422 e. The first-order chi connectivity index (χ1) is 11.8. The fraction of sp³-hybridized carbons (Fsp3) is 0.250. The van der Waals surface area contributed by atoms with Crippen molar-refractivity contribution in [1.29, 1.82) is 0 Å². The standard InChI is InChI=1S/C16H14F3NO4S/c1-23-15(22)11-2-3-12(13(7-11)24-9-16(17,18)19)20-14(21)6-10-4-5-25-8-10/h2-5,7-8H,6,9H2,1H3,(H,20,21). The third-order valence-electron chi connectivity index (χ3n) is 3.01. The number of amides is 1. The molecule has 1 heterocycles. The van der Waals surface area contributed by atoms with Crippen molar-refractivity contribution in [3.8, 4) is 5.75 Å². The summed E-state index contributed by atoms with van der Waals surface area (Å²) in [5.41, 5.74) is 0.832. The molecule has 0 radical (unpaired) electrons. The smallest absolute Gasteiger partial charge is 0.422 e. The van der Waals surface area contributed by atoms with Gasteiger partial charge in [0.25, 0.3) is 0 Å². The van der Waals surface area contributed by atoms with Crippen LogP contribution in [0.5, 0.6) is 5.75 Å². The van der Waals surface area contributed by atoms with Crippen molar-refractivity contribution < 1.29 is 32.2 Å². The maximum atomic E-state index is 12.4. The van der Waals surface area contributed by atoms with Gasteiger partial charge in [-0.2, -0.15) is 24.5 Å². The quantitative estimate of drug-likeness (QED) is 0.785. The molecule has 0 aliphatic heterocycles. The molecule has 1 aromatic carbocycles. The zero-order chi connectivity index (χ0) is 18.4. The summed E-state index contributed by atoms with van der Waals surface area (Å²) in [5.74, 6) is -1.41. The minimum atomic E-state index is -4.56. The number of esters is 1. The molecule has 0 atom stereocenters. The number of alkyl halides is 3. The summed E-state index contributed by atoms with van der Waals surface area (Å²) in [6.07, 6.45) is -4.49. The second kappa shape index (κ2) is 8.02. The van der Waals surface area contributed by atoms with Crippen LogP contribution in [0.4, 0.5) is 18.9 Å². The number of ether oxygens (including phenoxy) is 2. The van der Waals surface area contributed by atoms with E-state index in [1.807, 2.05) is 5.38 Å². The molecule has 9 heteroatoms. The number of carbonyl (C=O) groups is 2. The Labute approximate surface area is 145 Å². The Hall–Kier alpha value is -2.55. The van der Waals surface area contributed by atoms with E-state index in [1.54, 1.807) is 11.4 Å². The molecule has 0 aliphatic rings. The predicted molar refractivity (Wildman–Crippen MR) is 86.0 cm³/mol. The SMILES string of the molecule is COC(=O)c1ccc(NC(=O)Cc2ccsc2)c(OCC(F)(F)F)c1. The Kier molecular flexibility index (Phi) is 6.02. The number of anilines is 1. The van der Waals surface area contributed by atoms with E-state index >= 15 is 0 Å². The molecule has 134 valence electrons. The molecule has 0 fully saturated rings. The fourth-order valence-corrected chi connectivity index (χ4v) is 2.59. The summed E-state index contributed by atoms with van der Waals surface area (Å²) in [6.45, 7) is -1.55. The maximum absolute atomic E-state index is 12.4. The molecule has 0 saturated heterocycles. The molecule has 5 nitrogen and oxygen atoms in total. The highest BCUT2D eigenvalue weighted by atomic mass is 32.1. The van der Waals surface area contributed by atoms with Gasteiger partial charge in [0, 0.05) is 0 Å². The van der Waals surface area contributed by atoms with Gasteiger partial charge in [-0.3, -0.25) is 4.79 Å². The number of benzene rings is 1. The summed E-state index contributed by atoms with van der Waals surface area (Å²) in [4.78, 5) is 23.6. The summed E-state index contributed by atoms with van der Waals surface area (Å²) < 4.78 is 46.5. The molecular formula is C16H14F3NO4S. The van der Waals surface area contributed by atoms with Crippen LogP contribution in [0.25, 0.3) is 0 Å². The highest BCUT2D eigenvalue weighted by Crippen LogP contribution is 2.28. The minimum Gasteiger partial charge on any atom is -0.482 e. The number of hydrogen-bond donors (Lipinski definition) is 1. The van der Waals surface area contributed by atoms with Gasteiger partial charge in [0.1, 0.15) is 5.75 Å². The van der Waals surface area contributed by atoms with Crippen LogP contribution in [0, 0.1) is 0 Å². The molecule has 0 spiro atoms. The lowest BCUT2D eigenvalue weighted by molar-refractivity contribution is -0.153. The Morgan fingerprint density at radius 1 is 1.24 bits per heavy atom. The summed E-state index contributed by atoms with van der Waals surface area (Å²) in [7, 11) is 1.15. The van der Waals surface area contributed by atoms with E-state index in [0.29, 0.717) is 0 Å². The van der Waals surface area contributed by atoms with Gasteiger partial charge in [-0.25, -0.2) is 4.79 Å². The number of nitrogens with one attached hydrogen (secondary N) is 1. The Morgan fingerprint density at radius 2 is 2.00 bits per heavy atom. The molecule has 0 saturated carbocycles. The predicted octanol–water partition coefficient (Wildman–Crippen LogP) is 3.66. The third-order valence-corrected chi connectivity index (χ3v) is 3.74. The number of halogens is 3. The van der Waals surface area contributed by atoms with Crippen molar-refractivity contribution >= 4 is 28.9 Å². The van der Waals surface area contributed by atoms with E-state index in [9.17, 15) is 22.8 Å². The number of rotatable bonds is 6. The van der Waals surface area contributed by atoms with Crippen LogP contribution in [0.15, 0.2) is 35.0 Å². The molecule has 0 bridgehead atoms. The van der Waals surface area contributed by atoms with E-state index in [2.05, 4.69) is 10.1 Å². The van der Waals surface area contributed by atoms with E-state index in [-0.39, 0.29) is 23.4 Å². The van der Waals surface area contributed by atoms with Crippen molar-refractivity contribution in [2.45, 2.75) is 12.6 Å². The van der Waals surface area contributed by atoms with Crippen molar-refractivity contribution in [2.75, 3.05) is 19.0 Å². The lowest BCUT2D eigenvalue weighted by atomic mass is 10.1. The summed E-state index contributed by atoms with van der Waals surface area (Å²) in [6, 6.07) is 5.49. The van der Waals surface area contributed by atoms with E-state index in [4.69, 9.17) is 4.74 Å². The van der Waals surface area contributed by atoms with Crippen LogP contribution in [-0.2, 0) is 16.0 Å². The van der Waals surface area contributed by atoms with Crippen molar-refractivity contribution in [3.63, 3.8) is 0 Å². The van der Waals surface area contributed by atoms with Gasteiger partial charge >= 0.3 is 12.1 Å².